The monoisotopic (exact) mass is 626 g/mol. The van der Waals surface area contributed by atoms with E-state index < -0.39 is 0 Å². The van der Waals surface area contributed by atoms with Gasteiger partial charge in [0.15, 0.2) is 0 Å². The summed E-state index contributed by atoms with van der Waals surface area (Å²) in [5.74, 6) is 0. The molecule has 0 unspecified atom stereocenters. The van der Waals surface area contributed by atoms with Crippen molar-refractivity contribution in [1.29, 1.82) is 0 Å². The maximum absolute atomic E-state index is 2.32. The van der Waals surface area contributed by atoms with E-state index in [1.807, 2.05) is 0 Å². The molecule has 0 atom stereocenters. The Labute approximate surface area is 265 Å². The van der Waals surface area contributed by atoms with E-state index in [-0.39, 0.29) is 51.0 Å². The predicted octanol–water partition coefficient (Wildman–Crippen LogP) is 4.20. The van der Waals surface area contributed by atoms with Gasteiger partial charge in [-0.25, -0.2) is 0 Å². The van der Waals surface area contributed by atoms with E-state index in [0.29, 0.717) is 0 Å². The Morgan fingerprint density at radius 2 is 0.872 bits per heavy atom. The third-order valence-electron chi connectivity index (χ3n) is 7.16. The molecule has 0 nitrogen and oxygen atoms in total. The Bertz CT molecular complexity index is 1480. The van der Waals surface area contributed by atoms with Crippen LogP contribution in [0, 0.1) is 13.8 Å². The molecule has 196 valence electrons. The molecular formula is C36H34Cl2Zr. The molecule has 6 aromatic rings. The Morgan fingerprint density at radius 1 is 0.513 bits per heavy atom. The molecule has 0 saturated heterocycles. The van der Waals surface area contributed by atoms with Crippen molar-refractivity contribution in [3.63, 3.8) is 0 Å². The number of hydrogen-bond acceptors (Lipinski definition) is 0. The standard InChI is InChI=1S/2C18H17.2ClH.Zr/c2*1-3-14-11-16-5-4-6-17(18(16)12-14)15-9-7-13(2)8-10-15;;;/h2*4-12H,3H2,1-2H3;2*1H;/q2*-1;;;+4/p-2. The van der Waals surface area contributed by atoms with Crippen molar-refractivity contribution in [2.75, 3.05) is 0 Å². The first kappa shape index (κ1) is 32.8. The smallest absolute Gasteiger partial charge is 1.00 e. The number of aryl methyl sites for hydroxylation is 4. The third kappa shape index (κ3) is 7.40. The Balaban J connectivity index is 0.000000254. The van der Waals surface area contributed by atoms with E-state index in [4.69, 9.17) is 0 Å². The van der Waals surface area contributed by atoms with Crippen LogP contribution in [0.3, 0.4) is 0 Å². The van der Waals surface area contributed by atoms with Gasteiger partial charge in [-0.05, 0) is 37.8 Å². The van der Waals surface area contributed by atoms with Crippen LogP contribution in [0.5, 0.6) is 0 Å². The van der Waals surface area contributed by atoms with Gasteiger partial charge in [0.25, 0.3) is 0 Å². The second-order valence-corrected chi connectivity index (χ2v) is 9.78. The molecule has 0 aromatic heterocycles. The van der Waals surface area contributed by atoms with Crippen molar-refractivity contribution in [3.05, 3.63) is 131 Å². The Hall–Kier alpha value is -2.44. The van der Waals surface area contributed by atoms with Crippen LogP contribution < -0.4 is 24.8 Å². The SMILES string of the molecule is CCc1cc2c(-c3ccc(C)cc3)cccc2[cH-]1.CCc1cc2c(-c3ccc(C)cc3)cccc2[cH-]1.[Cl-].[Cl-].[Zr+4]. The molecule has 0 aliphatic rings. The fourth-order valence-electron chi connectivity index (χ4n) is 4.97. The van der Waals surface area contributed by atoms with Crippen molar-refractivity contribution >= 4 is 21.5 Å². The van der Waals surface area contributed by atoms with Crippen LogP contribution in [-0.2, 0) is 39.0 Å². The van der Waals surface area contributed by atoms with Gasteiger partial charge in [0.1, 0.15) is 0 Å². The zero-order valence-corrected chi connectivity index (χ0v) is 27.0. The van der Waals surface area contributed by atoms with Gasteiger partial charge in [-0.1, -0.05) is 96.8 Å². The fraction of sp³-hybridized carbons (Fsp3) is 0.167. The Morgan fingerprint density at radius 3 is 1.21 bits per heavy atom. The molecule has 0 spiro atoms. The molecule has 6 aromatic carbocycles. The topological polar surface area (TPSA) is 0 Å². The van der Waals surface area contributed by atoms with E-state index in [1.54, 1.807) is 0 Å². The number of halogens is 2. The minimum atomic E-state index is 0. The van der Waals surface area contributed by atoms with Crippen LogP contribution in [0.25, 0.3) is 43.8 Å². The van der Waals surface area contributed by atoms with Crippen LogP contribution in [0.15, 0.2) is 109 Å². The van der Waals surface area contributed by atoms with Gasteiger partial charge in [0.05, 0.1) is 0 Å². The van der Waals surface area contributed by atoms with Gasteiger partial charge in [0.2, 0.25) is 0 Å². The summed E-state index contributed by atoms with van der Waals surface area (Å²) in [6.07, 6.45) is 2.20. The molecule has 6 rings (SSSR count). The minimum absolute atomic E-state index is 0. The Kier molecular flexibility index (Phi) is 12.4. The van der Waals surface area contributed by atoms with Crippen LogP contribution >= 0.6 is 0 Å². The summed E-state index contributed by atoms with van der Waals surface area (Å²) in [5.41, 5.74) is 10.7. The second-order valence-electron chi connectivity index (χ2n) is 9.78. The third-order valence-corrected chi connectivity index (χ3v) is 7.16. The summed E-state index contributed by atoms with van der Waals surface area (Å²) in [4.78, 5) is 0. The molecule has 0 bridgehead atoms. The molecule has 3 heteroatoms. The number of fused-ring (bicyclic) bond motifs is 2. The first-order chi connectivity index (χ1) is 17.6. The quantitative estimate of drug-likeness (QED) is 0.257. The van der Waals surface area contributed by atoms with E-state index in [9.17, 15) is 0 Å². The van der Waals surface area contributed by atoms with Crippen molar-refractivity contribution in [3.8, 4) is 22.3 Å². The van der Waals surface area contributed by atoms with Gasteiger partial charge in [-0.2, -0.15) is 12.1 Å². The van der Waals surface area contributed by atoms with Crippen LogP contribution in [0.4, 0.5) is 0 Å². The summed E-state index contributed by atoms with van der Waals surface area (Å²) in [6.45, 7) is 8.67. The molecule has 0 aliphatic carbocycles. The average Bonchev–Trinajstić information content (AvgIpc) is 3.54. The first-order valence-corrected chi connectivity index (χ1v) is 13.1. The largest absolute Gasteiger partial charge is 4.00 e. The predicted molar refractivity (Wildman–Crippen MR) is 158 cm³/mol. The normalized spacial score (nSPS) is 10.2. The van der Waals surface area contributed by atoms with Crippen molar-refractivity contribution in [2.24, 2.45) is 0 Å². The number of rotatable bonds is 4. The van der Waals surface area contributed by atoms with Gasteiger partial charge in [-0.3, -0.25) is 0 Å². The van der Waals surface area contributed by atoms with Crippen molar-refractivity contribution in [1.82, 2.24) is 0 Å². The molecule has 0 fully saturated rings. The molecular weight excluding hydrogens is 595 g/mol. The summed E-state index contributed by atoms with van der Waals surface area (Å²) in [7, 11) is 0. The molecule has 0 N–H and O–H groups in total. The van der Waals surface area contributed by atoms with Crippen LogP contribution in [-0.4, -0.2) is 0 Å². The maximum atomic E-state index is 2.32. The van der Waals surface area contributed by atoms with Crippen molar-refractivity contribution in [2.45, 2.75) is 40.5 Å². The average molecular weight is 629 g/mol. The van der Waals surface area contributed by atoms with Gasteiger partial charge in [-0.15, -0.1) is 69.1 Å². The molecule has 0 saturated carbocycles. The summed E-state index contributed by atoms with van der Waals surface area (Å²) in [6, 6.07) is 39.9. The van der Waals surface area contributed by atoms with Gasteiger partial charge in [0, 0.05) is 0 Å². The second kappa shape index (κ2) is 14.8. The molecule has 39 heavy (non-hydrogen) atoms. The minimum Gasteiger partial charge on any atom is -1.00 e. The zero-order chi connectivity index (χ0) is 25.1. The van der Waals surface area contributed by atoms with Gasteiger partial charge >= 0.3 is 26.2 Å². The summed E-state index contributed by atoms with van der Waals surface area (Å²) in [5, 5.41) is 5.45. The maximum Gasteiger partial charge on any atom is 4.00 e. The molecule has 0 amide bonds. The van der Waals surface area contributed by atoms with Crippen molar-refractivity contribution < 1.29 is 51.0 Å². The first-order valence-electron chi connectivity index (χ1n) is 13.1. The van der Waals surface area contributed by atoms with E-state index in [2.05, 4.69) is 137 Å². The fourth-order valence-corrected chi connectivity index (χ4v) is 4.97. The molecule has 0 radical (unpaired) electrons. The molecule has 0 heterocycles. The number of hydrogen-bond donors (Lipinski definition) is 0. The number of benzene rings is 4. The van der Waals surface area contributed by atoms with E-state index in [1.165, 1.54) is 66.1 Å². The van der Waals surface area contributed by atoms with E-state index >= 15 is 0 Å². The van der Waals surface area contributed by atoms with Crippen LogP contribution in [0.1, 0.15) is 36.1 Å². The molecule has 0 aliphatic heterocycles. The zero-order valence-electron chi connectivity index (χ0n) is 23.1. The summed E-state index contributed by atoms with van der Waals surface area (Å²) >= 11 is 0. The van der Waals surface area contributed by atoms with Gasteiger partial charge < -0.3 is 24.8 Å². The summed E-state index contributed by atoms with van der Waals surface area (Å²) < 4.78 is 0. The van der Waals surface area contributed by atoms with E-state index in [0.717, 1.165) is 12.8 Å². The van der Waals surface area contributed by atoms with Crippen LogP contribution in [0.2, 0.25) is 0 Å².